The van der Waals surface area contributed by atoms with Crippen molar-refractivity contribution in [2.24, 2.45) is 5.92 Å². The van der Waals surface area contributed by atoms with E-state index in [2.05, 4.69) is 5.92 Å². The van der Waals surface area contributed by atoms with Gasteiger partial charge in [0.25, 0.3) is 0 Å². The molecule has 0 aliphatic carbocycles. The molecule has 16 heavy (non-hydrogen) atoms. The van der Waals surface area contributed by atoms with Crippen LogP contribution >= 0.6 is 0 Å². The Hall–Kier alpha value is -1.53. The van der Waals surface area contributed by atoms with Gasteiger partial charge in [-0.1, -0.05) is 18.9 Å². The van der Waals surface area contributed by atoms with Crippen molar-refractivity contribution in [3.8, 4) is 12.3 Å². The third-order valence-electron chi connectivity index (χ3n) is 2.26. The maximum absolute atomic E-state index is 10.4. The lowest BCUT2D eigenvalue weighted by molar-refractivity contribution is -0.107. The molecule has 0 saturated carbocycles. The summed E-state index contributed by atoms with van der Waals surface area (Å²) in [5.74, 6) is 2.66. The summed E-state index contributed by atoms with van der Waals surface area (Å²) in [6.07, 6.45) is 8.99. The van der Waals surface area contributed by atoms with Gasteiger partial charge in [-0.25, -0.2) is 0 Å². The average molecular weight is 222 g/mol. The SMILES string of the molecule is C#C/C(C)=C/[C@H](C)[C@@H](O)C/C=C(\C=O)OC. The molecule has 0 aliphatic rings. The Labute approximate surface area is 96.8 Å². The molecule has 0 heterocycles. The van der Waals surface area contributed by atoms with Crippen LogP contribution in [0.5, 0.6) is 0 Å². The number of carbonyl (C=O) groups excluding carboxylic acids is 1. The number of methoxy groups -OCH3 is 1. The highest BCUT2D eigenvalue weighted by Gasteiger charge is 2.10. The van der Waals surface area contributed by atoms with Crippen LogP contribution in [-0.4, -0.2) is 24.6 Å². The summed E-state index contributed by atoms with van der Waals surface area (Å²) in [4.78, 5) is 10.4. The Bertz CT molecular complexity index is 321. The zero-order chi connectivity index (χ0) is 12.6. The van der Waals surface area contributed by atoms with Gasteiger partial charge in [0.05, 0.1) is 13.2 Å². The number of hydrogen-bond donors (Lipinski definition) is 1. The molecule has 0 aromatic carbocycles. The van der Waals surface area contributed by atoms with Gasteiger partial charge in [0.15, 0.2) is 12.0 Å². The van der Waals surface area contributed by atoms with E-state index in [9.17, 15) is 9.90 Å². The number of ether oxygens (including phenoxy) is 1. The number of aliphatic hydroxyl groups excluding tert-OH is 1. The molecule has 88 valence electrons. The van der Waals surface area contributed by atoms with Gasteiger partial charge in [-0.05, 0) is 25.0 Å². The molecule has 0 amide bonds. The van der Waals surface area contributed by atoms with E-state index in [0.29, 0.717) is 12.7 Å². The second kappa shape index (κ2) is 7.72. The number of allylic oxidation sites excluding steroid dienone is 2. The van der Waals surface area contributed by atoms with Gasteiger partial charge in [-0.3, -0.25) is 4.79 Å². The zero-order valence-electron chi connectivity index (χ0n) is 9.93. The van der Waals surface area contributed by atoms with Gasteiger partial charge in [-0.2, -0.15) is 0 Å². The maximum Gasteiger partial charge on any atom is 0.184 e. The van der Waals surface area contributed by atoms with Crippen LogP contribution in [0, 0.1) is 18.3 Å². The molecule has 0 aliphatic heterocycles. The Balaban J connectivity index is 4.37. The number of hydrogen-bond acceptors (Lipinski definition) is 3. The minimum absolute atomic E-state index is 0.0583. The second-order valence-electron chi connectivity index (χ2n) is 3.58. The number of aliphatic hydroxyl groups is 1. The summed E-state index contributed by atoms with van der Waals surface area (Å²) < 4.78 is 4.77. The summed E-state index contributed by atoms with van der Waals surface area (Å²) >= 11 is 0. The van der Waals surface area contributed by atoms with Crippen molar-refractivity contribution in [3.05, 3.63) is 23.5 Å². The van der Waals surface area contributed by atoms with Crippen LogP contribution in [0.3, 0.4) is 0 Å². The van der Waals surface area contributed by atoms with Crippen LogP contribution in [0.4, 0.5) is 0 Å². The van der Waals surface area contributed by atoms with Crippen LogP contribution in [0.2, 0.25) is 0 Å². The molecule has 0 fully saturated rings. The lowest BCUT2D eigenvalue weighted by Crippen LogP contribution is -2.15. The minimum Gasteiger partial charge on any atom is -0.494 e. The lowest BCUT2D eigenvalue weighted by atomic mass is 9.99. The van der Waals surface area contributed by atoms with Crippen LogP contribution in [-0.2, 0) is 9.53 Å². The highest BCUT2D eigenvalue weighted by Crippen LogP contribution is 2.12. The molecule has 0 rings (SSSR count). The van der Waals surface area contributed by atoms with Gasteiger partial charge in [0.1, 0.15) is 0 Å². The molecule has 0 aromatic rings. The summed E-state index contributed by atoms with van der Waals surface area (Å²) in [7, 11) is 1.42. The van der Waals surface area contributed by atoms with Crippen LogP contribution < -0.4 is 0 Å². The van der Waals surface area contributed by atoms with Crippen molar-refractivity contribution in [2.75, 3.05) is 7.11 Å². The average Bonchev–Trinajstić information content (AvgIpc) is 2.29. The molecule has 0 saturated heterocycles. The van der Waals surface area contributed by atoms with E-state index < -0.39 is 6.10 Å². The smallest absolute Gasteiger partial charge is 0.184 e. The highest BCUT2D eigenvalue weighted by atomic mass is 16.5. The predicted molar refractivity (Wildman–Crippen MR) is 63.5 cm³/mol. The fraction of sp³-hybridized carbons (Fsp3) is 0.462. The fourth-order valence-electron chi connectivity index (χ4n) is 1.18. The molecule has 2 atom stereocenters. The molecule has 0 spiro atoms. The molecule has 3 heteroatoms. The van der Waals surface area contributed by atoms with E-state index in [-0.39, 0.29) is 11.7 Å². The van der Waals surface area contributed by atoms with Gasteiger partial charge in [-0.15, -0.1) is 6.42 Å². The van der Waals surface area contributed by atoms with Crippen LogP contribution in [0.25, 0.3) is 0 Å². The van der Waals surface area contributed by atoms with Crippen molar-refractivity contribution >= 4 is 6.29 Å². The third-order valence-corrected chi connectivity index (χ3v) is 2.26. The Morgan fingerprint density at radius 1 is 1.62 bits per heavy atom. The zero-order valence-corrected chi connectivity index (χ0v) is 9.93. The topological polar surface area (TPSA) is 46.5 Å². The first-order valence-corrected chi connectivity index (χ1v) is 5.07. The molecule has 0 unspecified atom stereocenters. The number of carbonyl (C=O) groups is 1. The Morgan fingerprint density at radius 3 is 2.69 bits per heavy atom. The van der Waals surface area contributed by atoms with Crippen molar-refractivity contribution in [3.63, 3.8) is 0 Å². The number of terminal acetylenes is 1. The molecule has 1 N–H and O–H groups in total. The molecule has 0 bridgehead atoms. The Kier molecular flexibility index (Phi) is 6.98. The molecule has 0 radical (unpaired) electrons. The van der Waals surface area contributed by atoms with E-state index in [1.807, 2.05) is 19.9 Å². The monoisotopic (exact) mass is 222 g/mol. The summed E-state index contributed by atoms with van der Waals surface area (Å²) in [5, 5.41) is 9.77. The quantitative estimate of drug-likeness (QED) is 0.322. The van der Waals surface area contributed by atoms with Crippen molar-refractivity contribution in [1.29, 1.82) is 0 Å². The van der Waals surface area contributed by atoms with Crippen molar-refractivity contribution in [1.82, 2.24) is 0 Å². The number of rotatable bonds is 6. The van der Waals surface area contributed by atoms with Crippen molar-refractivity contribution < 1.29 is 14.6 Å². The van der Waals surface area contributed by atoms with Crippen LogP contribution in [0.1, 0.15) is 20.3 Å². The molecule has 3 nitrogen and oxygen atoms in total. The summed E-state index contributed by atoms with van der Waals surface area (Å²) in [6, 6.07) is 0. The van der Waals surface area contributed by atoms with Crippen LogP contribution in [0.15, 0.2) is 23.5 Å². The van der Waals surface area contributed by atoms with Gasteiger partial charge >= 0.3 is 0 Å². The lowest BCUT2D eigenvalue weighted by Gasteiger charge is -2.14. The fourth-order valence-corrected chi connectivity index (χ4v) is 1.18. The highest BCUT2D eigenvalue weighted by molar-refractivity contribution is 5.69. The Morgan fingerprint density at radius 2 is 2.25 bits per heavy atom. The second-order valence-corrected chi connectivity index (χ2v) is 3.58. The van der Waals surface area contributed by atoms with E-state index in [1.54, 1.807) is 6.08 Å². The van der Waals surface area contributed by atoms with Gasteiger partial charge in [0.2, 0.25) is 0 Å². The minimum atomic E-state index is -0.576. The van der Waals surface area contributed by atoms with Gasteiger partial charge < -0.3 is 9.84 Å². The largest absolute Gasteiger partial charge is 0.494 e. The van der Waals surface area contributed by atoms with Crippen molar-refractivity contribution in [2.45, 2.75) is 26.4 Å². The normalized spacial score (nSPS) is 16.2. The standard InChI is InChI=1S/C13H18O3/c1-5-10(2)8-11(3)13(15)7-6-12(9-14)16-4/h1,6,8-9,11,13,15H,7H2,2-4H3/b10-8+,12-6+/t11-,13-/m0/s1. The molecular formula is C13H18O3. The first-order valence-electron chi connectivity index (χ1n) is 5.07. The first-order chi connectivity index (χ1) is 7.54. The predicted octanol–water partition coefficient (Wildman–Crippen LogP) is 1.68. The first kappa shape index (κ1) is 14.5. The van der Waals surface area contributed by atoms with E-state index in [0.717, 1.165) is 5.57 Å². The van der Waals surface area contributed by atoms with E-state index in [4.69, 9.17) is 11.2 Å². The third kappa shape index (κ3) is 5.38. The molecule has 0 aromatic heterocycles. The number of aldehydes is 1. The van der Waals surface area contributed by atoms with E-state index >= 15 is 0 Å². The summed E-state index contributed by atoms with van der Waals surface area (Å²) in [6.45, 7) is 3.68. The summed E-state index contributed by atoms with van der Waals surface area (Å²) in [5.41, 5.74) is 0.790. The van der Waals surface area contributed by atoms with E-state index in [1.165, 1.54) is 7.11 Å². The van der Waals surface area contributed by atoms with Gasteiger partial charge in [0, 0.05) is 5.92 Å². The maximum atomic E-state index is 10.4. The molecular weight excluding hydrogens is 204 g/mol.